The van der Waals surface area contributed by atoms with Crippen molar-refractivity contribution in [2.45, 2.75) is 33.8 Å². The lowest BCUT2D eigenvalue weighted by molar-refractivity contribution is -0.115. The summed E-state index contributed by atoms with van der Waals surface area (Å²) in [5.41, 5.74) is 3.73. The summed E-state index contributed by atoms with van der Waals surface area (Å²) in [7, 11) is 1.56. The number of amides is 1. The number of nitrogens with one attached hydrogen (secondary N) is 1. The molecule has 0 radical (unpaired) electrons. The number of aliphatic imine (C=N–C) groups is 1. The fourth-order valence-electron chi connectivity index (χ4n) is 2.89. The molecule has 29 heavy (non-hydrogen) atoms. The van der Waals surface area contributed by atoms with Crippen LogP contribution in [0.1, 0.15) is 30.5 Å². The van der Waals surface area contributed by atoms with Crippen molar-refractivity contribution in [1.29, 1.82) is 0 Å². The second-order valence-corrected chi connectivity index (χ2v) is 8.36. The molecular formula is C22H23ClN2O3S. The lowest BCUT2D eigenvalue weighted by atomic mass is 10.1. The van der Waals surface area contributed by atoms with Gasteiger partial charge in [0, 0.05) is 0 Å². The first-order valence-corrected chi connectivity index (χ1v) is 10.4. The highest BCUT2D eigenvalue weighted by Crippen LogP contribution is 2.38. The normalized spacial score (nSPS) is 16.6. The van der Waals surface area contributed by atoms with Crippen LogP contribution in [0, 0.1) is 13.8 Å². The van der Waals surface area contributed by atoms with Crippen LogP contribution in [0.5, 0.6) is 11.5 Å². The molecule has 1 aliphatic rings. The van der Waals surface area contributed by atoms with Gasteiger partial charge in [-0.1, -0.05) is 29.8 Å². The van der Waals surface area contributed by atoms with E-state index in [9.17, 15) is 4.79 Å². The van der Waals surface area contributed by atoms with Crippen LogP contribution in [0.15, 0.2) is 40.2 Å². The molecule has 3 rings (SSSR count). The third-order valence-corrected chi connectivity index (χ3v) is 5.40. The number of rotatable bonds is 5. The lowest BCUT2D eigenvalue weighted by Crippen LogP contribution is -2.19. The molecule has 7 heteroatoms. The molecule has 0 aliphatic carbocycles. The first-order chi connectivity index (χ1) is 13.8. The lowest BCUT2D eigenvalue weighted by Gasteiger charge is -2.15. The first-order valence-electron chi connectivity index (χ1n) is 9.18. The molecule has 5 nitrogen and oxygen atoms in total. The highest BCUT2D eigenvalue weighted by Gasteiger charge is 2.24. The van der Waals surface area contributed by atoms with E-state index in [4.69, 9.17) is 21.1 Å². The Balaban J connectivity index is 1.91. The van der Waals surface area contributed by atoms with Gasteiger partial charge < -0.3 is 14.8 Å². The van der Waals surface area contributed by atoms with E-state index in [1.54, 1.807) is 25.3 Å². The van der Waals surface area contributed by atoms with Gasteiger partial charge in [-0.3, -0.25) is 4.79 Å². The summed E-state index contributed by atoms with van der Waals surface area (Å²) in [6.45, 7) is 7.84. The number of carbonyl (C=O) groups excluding carboxylic acids is 1. The molecule has 1 fully saturated rings. The summed E-state index contributed by atoms with van der Waals surface area (Å²) < 4.78 is 11.2. The molecule has 1 aliphatic heterocycles. The number of halogens is 1. The van der Waals surface area contributed by atoms with Gasteiger partial charge >= 0.3 is 0 Å². The van der Waals surface area contributed by atoms with Crippen LogP contribution >= 0.6 is 23.4 Å². The van der Waals surface area contributed by atoms with Gasteiger partial charge in [0.15, 0.2) is 16.7 Å². The zero-order valence-corrected chi connectivity index (χ0v) is 18.6. The number of para-hydroxylation sites is 1. The maximum absolute atomic E-state index is 12.4. The summed E-state index contributed by atoms with van der Waals surface area (Å²) in [5, 5.41) is 3.81. The number of methoxy groups -OCH3 is 1. The topological polar surface area (TPSA) is 59.9 Å². The molecular weight excluding hydrogens is 408 g/mol. The van der Waals surface area contributed by atoms with Gasteiger partial charge in [0.25, 0.3) is 5.91 Å². The van der Waals surface area contributed by atoms with Crippen LogP contribution in [0.25, 0.3) is 6.08 Å². The number of hydrogen-bond donors (Lipinski definition) is 1. The average Bonchev–Trinajstić information content (AvgIpc) is 2.99. The average molecular weight is 431 g/mol. The number of carbonyl (C=O) groups is 1. The monoisotopic (exact) mass is 430 g/mol. The van der Waals surface area contributed by atoms with Crippen molar-refractivity contribution in [3.05, 3.63) is 56.9 Å². The Labute approximate surface area is 180 Å². The molecule has 0 aromatic heterocycles. The highest BCUT2D eigenvalue weighted by molar-refractivity contribution is 8.18. The smallest absolute Gasteiger partial charge is 0.264 e. The van der Waals surface area contributed by atoms with E-state index in [1.807, 2.05) is 45.9 Å². The van der Waals surface area contributed by atoms with Crippen LogP contribution in [0.4, 0.5) is 5.69 Å². The molecule has 1 amide bonds. The van der Waals surface area contributed by atoms with Crippen molar-refractivity contribution in [2.24, 2.45) is 4.99 Å². The maximum Gasteiger partial charge on any atom is 0.264 e. The number of benzene rings is 2. The molecule has 0 bridgehead atoms. The van der Waals surface area contributed by atoms with E-state index in [2.05, 4.69) is 10.3 Å². The minimum atomic E-state index is -0.197. The van der Waals surface area contributed by atoms with Crippen molar-refractivity contribution < 1.29 is 14.3 Å². The zero-order chi connectivity index (χ0) is 21.1. The van der Waals surface area contributed by atoms with Gasteiger partial charge in [0.1, 0.15) is 0 Å². The number of thioether (sulfide) groups is 1. The van der Waals surface area contributed by atoms with Crippen molar-refractivity contribution in [3.63, 3.8) is 0 Å². The number of nitrogens with zero attached hydrogens (tertiary/aromatic N) is 1. The van der Waals surface area contributed by atoms with E-state index in [1.165, 1.54) is 11.8 Å². The predicted octanol–water partition coefficient (Wildman–Crippen LogP) is 5.64. The van der Waals surface area contributed by atoms with Crippen LogP contribution < -0.4 is 14.8 Å². The van der Waals surface area contributed by atoms with Crippen LogP contribution in [0.2, 0.25) is 5.02 Å². The van der Waals surface area contributed by atoms with Gasteiger partial charge in [-0.05, 0) is 74.4 Å². The second kappa shape index (κ2) is 8.93. The third kappa shape index (κ3) is 4.95. The highest BCUT2D eigenvalue weighted by atomic mass is 35.5. The molecule has 0 spiro atoms. The van der Waals surface area contributed by atoms with E-state index in [0.29, 0.717) is 26.6 Å². The van der Waals surface area contributed by atoms with Gasteiger partial charge in [-0.15, -0.1) is 0 Å². The fourth-order valence-corrected chi connectivity index (χ4v) is 3.98. The van der Waals surface area contributed by atoms with Gasteiger partial charge in [-0.25, -0.2) is 4.99 Å². The summed E-state index contributed by atoms with van der Waals surface area (Å²) in [5.74, 6) is 0.815. The van der Waals surface area contributed by atoms with Gasteiger partial charge in [-0.2, -0.15) is 0 Å². The third-order valence-electron chi connectivity index (χ3n) is 4.21. The first kappa shape index (κ1) is 21.3. The van der Waals surface area contributed by atoms with E-state index >= 15 is 0 Å². The Morgan fingerprint density at radius 3 is 2.52 bits per heavy atom. The quantitative estimate of drug-likeness (QED) is 0.623. The molecule has 1 heterocycles. The molecule has 152 valence electrons. The summed E-state index contributed by atoms with van der Waals surface area (Å²) in [6, 6.07) is 9.54. The second-order valence-electron chi connectivity index (χ2n) is 6.92. The van der Waals surface area contributed by atoms with Gasteiger partial charge in [0.05, 0.1) is 28.8 Å². The minimum Gasteiger partial charge on any atom is -0.493 e. The molecule has 2 aromatic carbocycles. The molecule has 1 N–H and O–H groups in total. The Hall–Kier alpha value is -2.44. The fraction of sp³-hybridized carbons (Fsp3) is 0.273. The molecule has 2 aromatic rings. The Morgan fingerprint density at radius 1 is 1.21 bits per heavy atom. The van der Waals surface area contributed by atoms with Crippen LogP contribution in [0.3, 0.4) is 0 Å². The van der Waals surface area contributed by atoms with E-state index in [-0.39, 0.29) is 12.0 Å². The van der Waals surface area contributed by atoms with Crippen LogP contribution in [-0.2, 0) is 4.79 Å². The molecule has 1 saturated heterocycles. The maximum atomic E-state index is 12.4. The summed E-state index contributed by atoms with van der Waals surface area (Å²) in [4.78, 5) is 17.6. The Kier molecular flexibility index (Phi) is 6.55. The van der Waals surface area contributed by atoms with Crippen LogP contribution in [-0.4, -0.2) is 24.3 Å². The number of ether oxygens (including phenoxy) is 2. The molecule has 0 unspecified atom stereocenters. The summed E-state index contributed by atoms with van der Waals surface area (Å²) >= 11 is 7.68. The predicted molar refractivity (Wildman–Crippen MR) is 120 cm³/mol. The minimum absolute atomic E-state index is 0.0366. The zero-order valence-electron chi connectivity index (χ0n) is 17.0. The molecule has 0 saturated carbocycles. The van der Waals surface area contributed by atoms with Gasteiger partial charge in [0.2, 0.25) is 0 Å². The van der Waals surface area contributed by atoms with E-state index in [0.717, 1.165) is 22.4 Å². The van der Waals surface area contributed by atoms with Crippen molar-refractivity contribution in [2.75, 3.05) is 7.11 Å². The number of hydrogen-bond acceptors (Lipinski definition) is 5. The number of amidine groups is 1. The SMILES string of the molecule is COc1cc(/C=C2\SC(=Nc3c(C)cccc3C)NC2=O)cc(Cl)c1OC(C)C. The number of aryl methyl sites for hydroxylation is 2. The van der Waals surface area contributed by atoms with E-state index < -0.39 is 0 Å². The Morgan fingerprint density at radius 2 is 1.90 bits per heavy atom. The van der Waals surface area contributed by atoms with Crippen molar-refractivity contribution >= 4 is 46.2 Å². The summed E-state index contributed by atoms with van der Waals surface area (Å²) in [6.07, 6.45) is 1.73. The largest absolute Gasteiger partial charge is 0.493 e. The van der Waals surface area contributed by atoms with Crippen molar-refractivity contribution in [1.82, 2.24) is 5.32 Å². The standard InChI is InChI=1S/C22H23ClN2O3S/c1-12(2)28-20-16(23)9-15(10-17(20)27-5)11-18-21(26)25-22(29-18)24-19-13(3)7-6-8-14(19)4/h6-12H,1-5H3,(H,24,25,26)/b18-11-. The Bertz CT molecular complexity index is 995. The molecule has 0 atom stereocenters. The van der Waals surface area contributed by atoms with Crippen molar-refractivity contribution in [3.8, 4) is 11.5 Å².